The van der Waals surface area contributed by atoms with E-state index < -0.39 is 0 Å². The summed E-state index contributed by atoms with van der Waals surface area (Å²) in [5.41, 5.74) is 0.561. The molecule has 88 valence electrons. The Kier molecular flexibility index (Phi) is 3.33. The van der Waals surface area contributed by atoms with Crippen molar-refractivity contribution in [2.45, 2.75) is 45.3 Å². The van der Waals surface area contributed by atoms with Crippen molar-refractivity contribution in [2.75, 3.05) is 26.3 Å². The van der Waals surface area contributed by atoms with Crippen LogP contribution in [0.2, 0.25) is 0 Å². The molecule has 2 unspecified atom stereocenters. The molecule has 2 atom stereocenters. The lowest BCUT2D eigenvalue weighted by molar-refractivity contribution is -0.0989. The second-order valence-electron chi connectivity index (χ2n) is 5.45. The van der Waals surface area contributed by atoms with Crippen LogP contribution in [0, 0.1) is 5.41 Å². The predicted octanol–water partition coefficient (Wildman–Crippen LogP) is 1.26. The van der Waals surface area contributed by atoms with Gasteiger partial charge in [0.25, 0.3) is 0 Å². The SMILES string of the molecule is CC(O)CC(C)N1CC2(CCOCC2)C1. The standard InChI is InChI=1S/C12H23NO2/c1-10(7-11(2)14)13-8-12(9-13)3-5-15-6-4-12/h10-11,14H,3-9H2,1-2H3. The molecule has 2 saturated heterocycles. The molecule has 0 aromatic heterocycles. The summed E-state index contributed by atoms with van der Waals surface area (Å²) in [5.74, 6) is 0. The van der Waals surface area contributed by atoms with Crippen molar-refractivity contribution in [1.82, 2.24) is 4.90 Å². The number of hydrogen-bond acceptors (Lipinski definition) is 3. The van der Waals surface area contributed by atoms with Gasteiger partial charge in [0.05, 0.1) is 6.10 Å². The van der Waals surface area contributed by atoms with Crippen LogP contribution < -0.4 is 0 Å². The molecular formula is C12H23NO2. The number of aliphatic hydroxyl groups excluding tert-OH is 1. The normalized spacial score (nSPS) is 29.8. The molecule has 0 aromatic carbocycles. The smallest absolute Gasteiger partial charge is 0.0526 e. The highest BCUT2D eigenvalue weighted by Gasteiger charge is 2.45. The molecule has 2 heterocycles. The molecule has 2 aliphatic rings. The lowest BCUT2D eigenvalue weighted by Gasteiger charge is -2.54. The summed E-state index contributed by atoms with van der Waals surface area (Å²) in [6, 6.07) is 0.526. The Bertz CT molecular complexity index is 204. The second-order valence-corrected chi connectivity index (χ2v) is 5.45. The first-order valence-electron chi connectivity index (χ1n) is 6.11. The van der Waals surface area contributed by atoms with E-state index in [1.165, 1.54) is 25.9 Å². The van der Waals surface area contributed by atoms with E-state index in [4.69, 9.17) is 4.74 Å². The van der Waals surface area contributed by atoms with E-state index in [-0.39, 0.29) is 6.10 Å². The average molecular weight is 213 g/mol. The van der Waals surface area contributed by atoms with E-state index in [0.717, 1.165) is 19.6 Å². The van der Waals surface area contributed by atoms with Crippen LogP contribution in [-0.2, 0) is 4.74 Å². The van der Waals surface area contributed by atoms with E-state index >= 15 is 0 Å². The Labute approximate surface area is 92.4 Å². The topological polar surface area (TPSA) is 32.7 Å². The van der Waals surface area contributed by atoms with Gasteiger partial charge in [0, 0.05) is 37.8 Å². The van der Waals surface area contributed by atoms with Gasteiger partial charge in [0.15, 0.2) is 0 Å². The number of ether oxygens (including phenoxy) is 1. The minimum absolute atomic E-state index is 0.175. The fourth-order valence-electron chi connectivity index (χ4n) is 2.89. The van der Waals surface area contributed by atoms with E-state index in [1.807, 2.05) is 6.92 Å². The van der Waals surface area contributed by atoms with E-state index in [1.54, 1.807) is 0 Å². The lowest BCUT2D eigenvalue weighted by Crippen LogP contribution is -2.61. The first kappa shape index (κ1) is 11.4. The quantitative estimate of drug-likeness (QED) is 0.766. The maximum atomic E-state index is 9.35. The highest BCUT2D eigenvalue weighted by molar-refractivity contribution is 4.97. The molecule has 0 bridgehead atoms. The molecule has 0 saturated carbocycles. The summed E-state index contributed by atoms with van der Waals surface area (Å²) in [6.45, 7) is 8.41. The number of likely N-dealkylation sites (tertiary alicyclic amines) is 1. The fraction of sp³-hybridized carbons (Fsp3) is 1.00. The van der Waals surface area contributed by atoms with Crippen LogP contribution in [0.5, 0.6) is 0 Å². The maximum absolute atomic E-state index is 9.35. The van der Waals surface area contributed by atoms with E-state index in [9.17, 15) is 5.11 Å². The molecule has 1 spiro atoms. The average Bonchev–Trinajstić information content (AvgIpc) is 2.14. The van der Waals surface area contributed by atoms with Gasteiger partial charge in [-0.05, 0) is 33.1 Å². The van der Waals surface area contributed by atoms with Crippen molar-refractivity contribution in [3.63, 3.8) is 0 Å². The van der Waals surface area contributed by atoms with Crippen LogP contribution in [0.15, 0.2) is 0 Å². The van der Waals surface area contributed by atoms with Gasteiger partial charge in [0.2, 0.25) is 0 Å². The summed E-state index contributed by atoms with van der Waals surface area (Å²) in [6.07, 6.45) is 3.17. The van der Waals surface area contributed by atoms with E-state index in [0.29, 0.717) is 11.5 Å². The first-order chi connectivity index (χ1) is 7.11. The number of hydrogen-bond donors (Lipinski definition) is 1. The molecule has 2 aliphatic heterocycles. The van der Waals surface area contributed by atoms with Crippen molar-refractivity contribution >= 4 is 0 Å². The Morgan fingerprint density at radius 3 is 2.40 bits per heavy atom. The summed E-state index contributed by atoms with van der Waals surface area (Å²) in [7, 11) is 0. The van der Waals surface area contributed by atoms with Gasteiger partial charge in [-0.2, -0.15) is 0 Å². The first-order valence-corrected chi connectivity index (χ1v) is 6.11. The van der Waals surface area contributed by atoms with Gasteiger partial charge in [-0.3, -0.25) is 4.90 Å². The van der Waals surface area contributed by atoms with Gasteiger partial charge in [0.1, 0.15) is 0 Å². The molecule has 2 rings (SSSR count). The van der Waals surface area contributed by atoms with Gasteiger partial charge < -0.3 is 9.84 Å². The molecular weight excluding hydrogens is 190 g/mol. The Morgan fingerprint density at radius 2 is 1.87 bits per heavy atom. The van der Waals surface area contributed by atoms with Crippen molar-refractivity contribution in [2.24, 2.45) is 5.41 Å². The summed E-state index contributed by atoms with van der Waals surface area (Å²) < 4.78 is 5.40. The zero-order chi connectivity index (χ0) is 10.9. The molecule has 2 fully saturated rings. The van der Waals surface area contributed by atoms with Crippen LogP contribution >= 0.6 is 0 Å². The Morgan fingerprint density at radius 1 is 1.27 bits per heavy atom. The zero-order valence-corrected chi connectivity index (χ0v) is 9.91. The van der Waals surface area contributed by atoms with Crippen molar-refractivity contribution in [3.05, 3.63) is 0 Å². The summed E-state index contributed by atoms with van der Waals surface area (Å²) in [4.78, 5) is 2.50. The minimum atomic E-state index is -0.175. The minimum Gasteiger partial charge on any atom is -0.393 e. The van der Waals surface area contributed by atoms with Crippen LogP contribution in [-0.4, -0.2) is 48.5 Å². The number of nitrogens with zero attached hydrogens (tertiary/aromatic N) is 1. The fourth-order valence-corrected chi connectivity index (χ4v) is 2.89. The number of rotatable bonds is 3. The van der Waals surface area contributed by atoms with Crippen LogP contribution in [0.4, 0.5) is 0 Å². The van der Waals surface area contributed by atoms with Crippen LogP contribution in [0.1, 0.15) is 33.1 Å². The van der Waals surface area contributed by atoms with E-state index in [2.05, 4.69) is 11.8 Å². The monoisotopic (exact) mass is 213 g/mol. The molecule has 3 heteroatoms. The van der Waals surface area contributed by atoms with Gasteiger partial charge in [-0.25, -0.2) is 0 Å². The van der Waals surface area contributed by atoms with Gasteiger partial charge in [-0.15, -0.1) is 0 Å². The largest absolute Gasteiger partial charge is 0.393 e. The van der Waals surface area contributed by atoms with Gasteiger partial charge >= 0.3 is 0 Å². The second kappa shape index (κ2) is 4.40. The summed E-state index contributed by atoms with van der Waals surface area (Å²) in [5, 5.41) is 9.35. The predicted molar refractivity (Wildman–Crippen MR) is 59.8 cm³/mol. The van der Waals surface area contributed by atoms with Crippen LogP contribution in [0.25, 0.3) is 0 Å². The molecule has 3 nitrogen and oxygen atoms in total. The molecule has 0 amide bonds. The highest BCUT2D eigenvalue weighted by Crippen LogP contribution is 2.41. The van der Waals surface area contributed by atoms with Crippen molar-refractivity contribution in [3.8, 4) is 0 Å². The Hall–Kier alpha value is -0.120. The molecule has 0 radical (unpaired) electrons. The molecule has 0 aliphatic carbocycles. The zero-order valence-electron chi connectivity index (χ0n) is 9.91. The van der Waals surface area contributed by atoms with Gasteiger partial charge in [-0.1, -0.05) is 0 Å². The van der Waals surface area contributed by atoms with Crippen LogP contribution in [0.3, 0.4) is 0 Å². The lowest BCUT2D eigenvalue weighted by atomic mass is 9.72. The molecule has 1 N–H and O–H groups in total. The van der Waals surface area contributed by atoms with Crippen molar-refractivity contribution in [1.29, 1.82) is 0 Å². The molecule has 0 aromatic rings. The maximum Gasteiger partial charge on any atom is 0.0526 e. The Balaban J connectivity index is 1.76. The summed E-state index contributed by atoms with van der Waals surface area (Å²) >= 11 is 0. The molecule has 15 heavy (non-hydrogen) atoms. The number of aliphatic hydroxyl groups is 1. The highest BCUT2D eigenvalue weighted by atomic mass is 16.5. The third-order valence-electron chi connectivity index (χ3n) is 3.94. The third-order valence-corrected chi connectivity index (χ3v) is 3.94. The van der Waals surface area contributed by atoms with Crippen molar-refractivity contribution < 1.29 is 9.84 Å². The third kappa shape index (κ3) is 2.52.